The number of rotatable bonds is 82. The van der Waals surface area contributed by atoms with Crippen molar-refractivity contribution in [1.29, 1.82) is 0 Å². The number of aliphatic hydroxyl groups is 1. The predicted octanol–water partition coefficient (Wildman–Crippen LogP) is 25.1. The maximum atomic E-state index is 13.1. The van der Waals surface area contributed by atoms with Gasteiger partial charge in [0.2, 0.25) is 0 Å². The van der Waals surface area contributed by atoms with Crippen LogP contribution in [0.4, 0.5) is 0 Å². The molecule has 0 saturated heterocycles. The standard InChI is InChI=1S/C83H162O17P2/c1-7-9-11-13-15-17-19-20-21-22-23-24-25-26-29-33-36-43-49-55-61-67-82(87)99-79(72-94-81(86)66-60-54-48-42-35-32-30-27-28-31-34-39-45-51-57-63-75(3)4)74-98-102(91,92)96-70-77(84)69-95-101(89,90)97-73-78(71-93-80(85)65-59-53-47-41-18-16-14-12-10-8-2)100-83(88)68-62-56-50-44-38-37-40-46-52-58-64-76(5)6/h75-79,84H,7-74H2,1-6H3,(H,89,90)(H,91,92)/t77-,78+,79+/m0/s1. The Morgan fingerprint density at radius 1 is 0.265 bits per heavy atom. The summed E-state index contributed by atoms with van der Waals surface area (Å²) in [7, 11) is -9.92. The van der Waals surface area contributed by atoms with Gasteiger partial charge in [0.05, 0.1) is 26.4 Å². The van der Waals surface area contributed by atoms with E-state index in [1.807, 2.05) is 0 Å². The van der Waals surface area contributed by atoms with Crippen LogP contribution in [-0.2, 0) is 65.4 Å². The van der Waals surface area contributed by atoms with Gasteiger partial charge in [0, 0.05) is 25.7 Å². The SMILES string of the molecule is CCCCCCCCCCCCCCCCCCCCCCCC(=O)O[C@H](COC(=O)CCCCCCCCCCCCCCCCCC(C)C)COP(=O)(O)OC[C@@H](O)COP(=O)(O)OC[C@@H](COC(=O)CCCCCCCCCCCC)OC(=O)CCCCCCCCCCCCC(C)C. The molecule has 0 aliphatic rings. The fourth-order valence-corrected chi connectivity index (χ4v) is 14.5. The fourth-order valence-electron chi connectivity index (χ4n) is 12.9. The highest BCUT2D eigenvalue weighted by atomic mass is 31.2. The van der Waals surface area contributed by atoms with Gasteiger partial charge < -0.3 is 33.8 Å². The van der Waals surface area contributed by atoms with E-state index in [0.29, 0.717) is 25.7 Å². The zero-order valence-corrected chi connectivity index (χ0v) is 68.7. The molecule has 17 nitrogen and oxygen atoms in total. The summed E-state index contributed by atoms with van der Waals surface area (Å²) in [5, 5.41) is 10.6. The van der Waals surface area contributed by atoms with Crippen molar-refractivity contribution >= 4 is 39.5 Å². The van der Waals surface area contributed by atoms with Crippen LogP contribution in [0.15, 0.2) is 0 Å². The van der Waals surface area contributed by atoms with E-state index in [4.69, 9.17) is 37.0 Å². The number of aliphatic hydroxyl groups excluding tert-OH is 1. The average molecular weight is 1490 g/mol. The fraction of sp³-hybridized carbons (Fsp3) is 0.952. The minimum absolute atomic E-state index is 0.106. The zero-order valence-electron chi connectivity index (χ0n) is 66.9. The Hall–Kier alpha value is -1.94. The van der Waals surface area contributed by atoms with Gasteiger partial charge in [-0.2, -0.15) is 0 Å². The highest BCUT2D eigenvalue weighted by molar-refractivity contribution is 7.47. The number of hydrogen-bond donors (Lipinski definition) is 3. The Bertz CT molecular complexity index is 1960. The van der Waals surface area contributed by atoms with Crippen molar-refractivity contribution < 1.29 is 80.2 Å². The molecule has 0 aromatic heterocycles. The molecule has 0 fully saturated rings. The van der Waals surface area contributed by atoms with Crippen molar-refractivity contribution in [3.63, 3.8) is 0 Å². The minimum atomic E-state index is -4.96. The lowest BCUT2D eigenvalue weighted by atomic mass is 10.0. The summed E-state index contributed by atoms with van der Waals surface area (Å²) < 4.78 is 68.8. The van der Waals surface area contributed by atoms with Crippen LogP contribution < -0.4 is 0 Å². The van der Waals surface area contributed by atoms with Crippen LogP contribution in [0.3, 0.4) is 0 Å². The lowest BCUT2D eigenvalue weighted by molar-refractivity contribution is -0.161. The van der Waals surface area contributed by atoms with Crippen LogP contribution in [0.1, 0.15) is 440 Å². The molecular formula is C83H162O17P2. The molecule has 606 valence electrons. The molecule has 0 aromatic rings. The van der Waals surface area contributed by atoms with E-state index in [-0.39, 0.29) is 25.7 Å². The monoisotopic (exact) mass is 1490 g/mol. The molecule has 0 spiro atoms. The molecule has 0 heterocycles. The van der Waals surface area contributed by atoms with E-state index in [2.05, 4.69) is 41.5 Å². The van der Waals surface area contributed by atoms with E-state index in [0.717, 1.165) is 102 Å². The quantitative estimate of drug-likeness (QED) is 0.0222. The Kier molecular flexibility index (Phi) is 73.1. The zero-order chi connectivity index (χ0) is 74.9. The summed E-state index contributed by atoms with van der Waals surface area (Å²) in [6.07, 6.45) is 65.3. The molecule has 3 N–H and O–H groups in total. The van der Waals surface area contributed by atoms with Gasteiger partial charge in [-0.05, 0) is 37.5 Å². The van der Waals surface area contributed by atoms with Gasteiger partial charge in [-0.1, -0.05) is 388 Å². The van der Waals surface area contributed by atoms with Crippen LogP contribution in [-0.4, -0.2) is 96.7 Å². The molecule has 2 unspecified atom stereocenters. The molecule has 102 heavy (non-hydrogen) atoms. The number of carbonyl (C=O) groups excluding carboxylic acids is 4. The van der Waals surface area contributed by atoms with E-state index >= 15 is 0 Å². The first kappa shape index (κ1) is 100. The topological polar surface area (TPSA) is 237 Å². The maximum Gasteiger partial charge on any atom is 0.472 e. The third-order valence-corrected chi connectivity index (χ3v) is 21.4. The minimum Gasteiger partial charge on any atom is -0.462 e. The summed E-state index contributed by atoms with van der Waals surface area (Å²) in [4.78, 5) is 73.1. The van der Waals surface area contributed by atoms with Gasteiger partial charge in [0.15, 0.2) is 12.2 Å². The van der Waals surface area contributed by atoms with Gasteiger partial charge in [-0.25, -0.2) is 9.13 Å². The lowest BCUT2D eigenvalue weighted by Crippen LogP contribution is -2.30. The van der Waals surface area contributed by atoms with Crippen LogP contribution >= 0.6 is 15.6 Å². The van der Waals surface area contributed by atoms with Gasteiger partial charge in [-0.15, -0.1) is 0 Å². The Balaban J connectivity index is 5.22. The highest BCUT2D eigenvalue weighted by Crippen LogP contribution is 2.45. The largest absolute Gasteiger partial charge is 0.472 e. The summed E-state index contributed by atoms with van der Waals surface area (Å²) in [5.74, 6) is -0.549. The normalized spacial score (nSPS) is 13.9. The summed E-state index contributed by atoms with van der Waals surface area (Å²) >= 11 is 0. The smallest absolute Gasteiger partial charge is 0.462 e. The average Bonchev–Trinajstić information content (AvgIpc) is 0.923. The second kappa shape index (κ2) is 74.5. The Labute approximate surface area is 626 Å². The van der Waals surface area contributed by atoms with Gasteiger partial charge >= 0.3 is 39.5 Å². The molecule has 0 radical (unpaired) electrons. The second-order valence-corrected chi connectivity index (χ2v) is 33.7. The molecule has 0 amide bonds. The molecule has 0 aliphatic carbocycles. The predicted molar refractivity (Wildman–Crippen MR) is 418 cm³/mol. The van der Waals surface area contributed by atoms with Crippen molar-refractivity contribution in [3.05, 3.63) is 0 Å². The molecule has 0 aliphatic heterocycles. The second-order valence-electron chi connectivity index (χ2n) is 30.8. The first-order valence-electron chi connectivity index (χ1n) is 43.0. The number of unbranched alkanes of at least 4 members (excludes halogenated alkanes) is 52. The van der Waals surface area contributed by atoms with E-state index in [9.17, 15) is 43.2 Å². The van der Waals surface area contributed by atoms with Gasteiger partial charge in [-0.3, -0.25) is 37.3 Å². The number of carbonyl (C=O) groups is 4. The molecule has 5 atom stereocenters. The van der Waals surface area contributed by atoms with Crippen LogP contribution in [0.5, 0.6) is 0 Å². The van der Waals surface area contributed by atoms with Crippen LogP contribution in [0.25, 0.3) is 0 Å². The molecule has 19 heteroatoms. The lowest BCUT2D eigenvalue weighted by Gasteiger charge is -2.21. The number of ether oxygens (including phenoxy) is 4. The van der Waals surface area contributed by atoms with Crippen molar-refractivity contribution in [2.75, 3.05) is 39.6 Å². The van der Waals surface area contributed by atoms with Crippen molar-refractivity contribution in [2.24, 2.45) is 11.8 Å². The van der Waals surface area contributed by atoms with Crippen LogP contribution in [0.2, 0.25) is 0 Å². The van der Waals surface area contributed by atoms with Crippen molar-refractivity contribution in [2.45, 2.75) is 458 Å². The summed E-state index contributed by atoms with van der Waals surface area (Å²) in [6.45, 7) is 9.65. The maximum absolute atomic E-state index is 13.1. The van der Waals surface area contributed by atoms with Gasteiger partial charge in [0.1, 0.15) is 19.3 Å². The first-order chi connectivity index (χ1) is 49.4. The molecule has 0 saturated carbocycles. The van der Waals surface area contributed by atoms with E-state index in [1.54, 1.807) is 0 Å². The van der Waals surface area contributed by atoms with Gasteiger partial charge in [0.25, 0.3) is 0 Å². The highest BCUT2D eigenvalue weighted by Gasteiger charge is 2.30. The summed E-state index contributed by atoms with van der Waals surface area (Å²) in [5.41, 5.74) is 0. The molecule has 0 rings (SSSR count). The number of hydrogen-bond acceptors (Lipinski definition) is 15. The Morgan fingerprint density at radius 2 is 0.451 bits per heavy atom. The van der Waals surface area contributed by atoms with Crippen molar-refractivity contribution in [3.8, 4) is 0 Å². The third-order valence-electron chi connectivity index (χ3n) is 19.5. The van der Waals surface area contributed by atoms with E-state index in [1.165, 1.54) is 257 Å². The Morgan fingerprint density at radius 3 is 0.667 bits per heavy atom. The van der Waals surface area contributed by atoms with Crippen LogP contribution in [0, 0.1) is 11.8 Å². The van der Waals surface area contributed by atoms with E-state index < -0.39 is 97.5 Å². The number of esters is 4. The number of phosphoric ester groups is 2. The number of phosphoric acid groups is 2. The van der Waals surface area contributed by atoms with Crippen molar-refractivity contribution in [1.82, 2.24) is 0 Å². The molecule has 0 aromatic carbocycles. The molecule has 0 bridgehead atoms. The third kappa shape index (κ3) is 76.3. The first-order valence-corrected chi connectivity index (χ1v) is 46.0. The molecular weight excluding hydrogens is 1330 g/mol. The summed E-state index contributed by atoms with van der Waals surface area (Å²) in [6, 6.07) is 0.